The number of alkyl halides is 1. The lowest BCUT2D eigenvalue weighted by atomic mass is 9.98. The van der Waals surface area contributed by atoms with Crippen molar-refractivity contribution in [2.24, 2.45) is 0 Å². The van der Waals surface area contributed by atoms with Crippen molar-refractivity contribution in [3.63, 3.8) is 0 Å². The predicted octanol–water partition coefficient (Wildman–Crippen LogP) is 2.05. The number of hydrogen-bond acceptors (Lipinski definition) is 3. The zero-order valence-corrected chi connectivity index (χ0v) is 11.0. The van der Waals surface area contributed by atoms with E-state index in [4.69, 9.17) is 0 Å². The van der Waals surface area contributed by atoms with E-state index in [-0.39, 0.29) is 4.90 Å². The van der Waals surface area contributed by atoms with Crippen LogP contribution in [0.2, 0.25) is 0 Å². The molecule has 0 radical (unpaired) electrons. The topological polar surface area (TPSA) is 54.4 Å². The van der Waals surface area contributed by atoms with Crippen LogP contribution in [0.1, 0.15) is 26.3 Å². The molecular weight excluding hydrogens is 243 g/mol. The third-order valence-electron chi connectivity index (χ3n) is 2.69. The van der Waals surface area contributed by atoms with E-state index >= 15 is 0 Å². The highest BCUT2D eigenvalue weighted by atomic mass is 32.2. The van der Waals surface area contributed by atoms with Gasteiger partial charge in [-0.15, -0.1) is 0 Å². The molecule has 17 heavy (non-hydrogen) atoms. The van der Waals surface area contributed by atoms with E-state index in [1.54, 1.807) is 13.8 Å². The number of aliphatic hydroxyl groups is 1. The first-order valence-electron chi connectivity index (χ1n) is 5.34. The molecule has 0 heterocycles. The maximum Gasteiger partial charge on any atom is 0.180 e. The summed E-state index contributed by atoms with van der Waals surface area (Å²) in [5.74, 6) is 0. The first-order chi connectivity index (χ1) is 7.71. The van der Waals surface area contributed by atoms with Gasteiger partial charge in [0.1, 0.15) is 12.3 Å². The Morgan fingerprint density at radius 3 is 2.12 bits per heavy atom. The van der Waals surface area contributed by atoms with Crippen LogP contribution in [0.15, 0.2) is 29.2 Å². The molecule has 0 saturated carbocycles. The van der Waals surface area contributed by atoms with Gasteiger partial charge in [-0.1, -0.05) is 12.1 Å². The predicted molar refractivity (Wildman–Crippen MR) is 64.3 cm³/mol. The van der Waals surface area contributed by atoms with Crippen molar-refractivity contribution in [3.05, 3.63) is 29.8 Å². The molecule has 1 N–H and O–H groups in total. The molecule has 5 heteroatoms. The van der Waals surface area contributed by atoms with Crippen molar-refractivity contribution in [2.75, 3.05) is 6.67 Å². The van der Waals surface area contributed by atoms with Crippen LogP contribution in [-0.2, 0) is 15.4 Å². The molecule has 0 aromatic heterocycles. The van der Waals surface area contributed by atoms with Crippen molar-refractivity contribution < 1.29 is 17.9 Å². The lowest BCUT2D eigenvalue weighted by Crippen LogP contribution is -2.23. The minimum atomic E-state index is -3.32. The largest absolute Gasteiger partial charge is 0.383 e. The van der Waals surface area contributed by atoms with Crippen LogP contribution >= 0.6 is 0 Å². The van der Waals surface area contributed by atoms with E-state index in [9.17, 15) is 17.9 Å². The third kappa shape index (κ3) is 2.84. The molecule has 0 fully saturated rings. The summed E-state index contributed by atoms with van der Waals surface area (Å²) in [6.07, 6.45) is 0. The molecule has 3 nitrogen and oxygen atoms in total. The molecule has 0 unspecified atom stereocenters. The average molecular weight is 260 g/mol. The molecule has 0 aliphatic carbocycles. The van der Waals surface area contributed by atoms with E-state index in [0.717, 1.165) is 0 Å². The number of halogens is 1. The molecule has 1 aromatic rings. The molecule has 1 atom stereocenters. The SMILES string of the molecule is CC(C)S(=O)(=O)c1ccc([C@](C)(O)CF)cc1. The van der Waals surface area contributed by atoms with Crippen LogP contribution in [0, 0.1) is 0 Å². The Hall–Kier alpha value is -0.940. The fraction of sp³-hybridized carbons (Fsp3) is 0.500. The summed E-state index contributed by atoms with van der Waals surface area (Å²) < 4.78 is 36.2. The van der Waals surface area contributed by atoms with Gasteiger partial charge in [0.2, 0.25) is 0 Å². The summed E-state index contributed by atoms with van der Waals surface area (Å²) in [5.41, 5.74) is -1.21. The summed E-state index contributed by atoms with van der Waals surface area (Å²) in [6.45, 7) is 3.63. The van der Waals surface area contributed by atoms with E-state index in [0.29, 0.717) is 5.56 Å². The Morgan fingerprint density at radius 2 is 1.76 bits per heavy atom. The molecule has 96 valence electrons. The van der Waals surface area contributed by atoms with Crippen LogP contribution in [0.5, 0.6) is 0 Å². The Bertz CT molecular complexity index is 475. The molecule has 0 bridgehead atoms. The van der Waals surface area contributed by atoms with Crippen molar-refractivity contribution in [2.45, 2.75) is 36.5 Å². The van der Waals surface area contributed by atoms with Gasteiger partial charge in [-0.25, -0.2) is 12.8 Å². The Morgan fingerprint density at radius 1 is 1.29 bits per heavy atom. The zero-order valence-electron chi connectivity index (χ0n) is 10.1. The summed E-state index contributed by atoms with van der Waals surface area (Å²) in [6, 6.07) is 5.67. The smallest absolute Gasteiger partial charge is 0.180 e. The van der Waals surface area contributed by atoms with E-state index < -0.39 is 27.4 Å². The second-order valence-corrected chi connectivity index (χ2v) is 7.03. The Balaban J connectivity index is 3.14. The second-order valence-electron chi connectivity index (χ2n) is 4.53. The normalized spacial score (nSPS) is 15.9. The molecule has 0 amide bonds. The minimum absolute atomic E-state index is 0.186. The van der Waals surface area contributed by atoms with Gasteiger partial charge >= 0.3 is 0 Å². The minimum Gasteiger partial charge on any atom is -0.383 e. The van der Waals surface area contributed by atoms with Crippen LogP contribution in [-0.4, -0.2) is 25.4 Å². The second kappa shape index (κ2) is 4.74. The van der Waals surface area contributed by atoms with E-state index in [2.05, 4.69) is 0 Å². The van der Waals surface area contributed by atoms with Gasteiger partial charge in [-0.2, -0.15) is 0 Å². The van der Waals surface area contributed by atoms with Gasteiger partial charge in [-0.3, -0.25) is 0 Å². The first kappa shape index (κ1) is 14.1. The van der Waals surface area contributed by atoms with Gasteiger partial charge in [0.15, 0.2) is 9.84 Å². The summed E-state index contributed by atoms with van der Waals surface area (Å²) >= 11 is 0. The molecule has 0 aliphatic rings. The lowest BCUT2D eigenvalue weighted by Gasteiger charge is -2.20. The van der Waals surface area contributed by atoms with Crippen LogP contribution in [0.25, 0.3) is 0 Å². The van der Waals surface area contributed by atoms with Crippen LogP contribution in [0.4, 0.5) is 4.39 Å². The summed E-state index contributed by atoms with van der Waals surface area (Å²) in [4.78, 5) is 0.186. The monoisotopic (exact) mass is 260 g/mol. The Labute approximate surface area is 101 Å². The quantitative estimate of drug-likeness (QED) is 0.901. The molecule has 1 rings (SSSR count). The number of hydrogen-bond donors (Lipinski definition) is 1. The highest BCUT2D eigenvalue weighted by Crippen LogP contribution is 2.24. The van der Waals surface area contributed by atoms with E-state index in [1.807, 2.05) is 0 Å². The maximum absolute atomic E-state index is 12.6. The first-order valence-corrected chi connectivity index (χ1v) is 6.89. The van der Waals surface area contributed by atoms with Crippen molar-refractivity contribution >= 4 is 9.84 Å². The fourth-order valence-electron chi connectivity index (χ4n) is 1.35. The zero-order chi connectivity index (χ0) is 13.3. The fourth-order valence-corrected chi connectivity index (χ4v) is 2.41. The highest BCUT2D eigenvalue weighted by Gasteiger charge is 2.24. The third-order valence-corrected chi connectivity index (χ3v) is 4.86. The van der Waals surface area contributed by atoms with Crippen LogP contribution in [0.3, 0.4) is 0 Å². The number of sulfone groups is 1. The standard InChI is InChI=1S/C12H17FO3S/c1-9(2)17(15,16)11-6-4-10(5-7-11)12(3,14)8-13/h4-7,9,14H,8H2,1-3H3/t12-/m1/s1. The molecule has 1 aromatic carbocycles. The molecule has 0 aliphatic heterocycles. The molecule has 0 saturated heterocycles. The van der Waals surface area contributed by atoms with Gasteiger partial charge < -0.3 is 5.11 Å². The number of rotatable bonds is 4. The average Bonchev–Trinajstić information content (AvgIpc) is 2.29. The highest BCUT2D eigenvalue weighted by molar-refractivity contribution is 7.92. The van der Waals surface area contributed by atoms with Crippen molar-refractivity contribution in [1.82, 2.24) is 0 Å². The summed E-state index contributed by atoms with van der Waals surface area (Å²) in [7, 11) is -3.32. The van der Waals surface area contributed by atoms with Gasteiger partial charge in [0.25, 0.3) is 0 Å². The van der Waals surface area contributed by atoms with Gasteiger partial charge in [0.05, 0.1) is 10.1 Å². The van der Waals surface area contributed by atoms with Gasteiger partial charge in [0, 0.05) is 0 Å². The van der Waals surface area contributed by atoms with Gasteiger partial charge in [-0.05, 0) is 38.5 Å². The van der Waals surface area contributed by atoms with E-state index in [1.165, 1.54) is 31.2 Å². The maximum atomic E-state index is 12.6. The lowest BCUT2D eigenvalue weighted by molar-refractivity contribution is 0.0299. The van der Waals surface area contributed by atoms with Crippen molar-refractivity contribution in [1.29, 1.82) is 0 Å². The molecule has 0 spiro atoms. The summed E-state index contributed by atoms with van der Waals surface area (Å²) in [5, 5.41) is 9.17. The Kier molecular flexibility index (Phi) is 3.94. The molecular formula is C12H17FO3S. The van der Waals surface area contributed by atoms with Crippen LogP contribution < -0.4 is 0 Å². The van der Waals surface area contributed by atoms with Crippen molar-refractivity contribution in [3.8, 4) is 0 Å². The number of benzene rings is 1.